The number of halogens is 1. The molecule has 2 aromatic rings. The summed E-state index contributed by atoms with van der Waals surface area (Å²) in [5, 5.41) is 0. The Hall–Kier alpha value is -2.45. The number of rotatable bonds is 7. The number of nitrogens with zero attached hydrogens (tertiary/aromatic N) is 2. The second-order valence-electron chi connectivity index (χ2n) is 6.73. The van der Waals surface area contributed by atoms with Crippen LogP contribution in [0.2, 0.25) is 0 Å². The number of amides is 1. The fourth-order valence-corrected chi connectivity index (χ4v) is 3.79. The molecule has 0 fully saturated rings. The molecule has 0 aliphatic carbocycles. The number of benzene rings is 2. The van der Waals surface area contributed by atoms with Crippen LogP contribution in [0.3, 0.4) is 0 Å². The number of ether oxygens (including phenoxy) is 1. The Kier molecular flexibility index (Phi) is 6.79. The third-order valence-electron chi connectivity index (χ3n) is 4.48. The molecule has 0 bridgehead atoms. The number of carbonyl (C=O) groups is 1. The molecule has 8 heteroatoms. The first-order chi connectivity index (χ1) is 13.0. The third kappa shape index (κ3) is 4.88. The van der Waals surface area contributed by atoms with Gasteiger partial charge in [-0.2, -0.15) is 0 Å². The van der Waals surface area contributed by atoms with E-state index in [1.54, 1.807) is 27.0 Å². The normalized spacial score (nSPS) is 11.5. The number of hydrogen-bond acceptors (Lipinski definition) is 4. The Bertz CT molecular complexity index is 957. The van der Waals surface area contributed by atoms with Crippen molar-refractivity contribution in [1.29, 1.82) is 0 Å². The van der Waals surface area contributed by atoms with Gasteiger partial charge in [0.15, 0.2) is 0 Å². The Morgan fingerprint density at radius 3 is 2.25 bits per heavy atom. The molecule has 2 aromatic carbocycles. The molecule has 1 amide bonds. The van der Waals surface area contributed by atoms with Crippen molar-refractivity contribution in [3.63, 3.8) is 0 Å². The van der Waals surface area contributed by atoms with Crippen LogP contribution < -0.4 is 4.74 Å². The summed E-state index contributed by atoms with van der Waals surface area (Å²) >= 11 is 0. The van der Waals surface area contributed by atoms with Crippen molar-refractivity contribution in [2.45, 2.75) is 18.7 Å². The number of carbonyl (C=O) groups excluding carboxylic acids is 1. The van der Waals surface area contributed by atoms with E-state index in [2.05, 4.69) is 0 Å². The van der Waals surface area contributed by atoms with Crippen LogP contribution in [0.1, 0.15) is 21.5 Å². The lowest BCUT2D eigenvalue weighted by Gasteiger charge is -2.20. The summed E-state index contributed by atoms with van der Waals surface area (Å²) in [4.78, 5) is 14.3. The zero-order valence-electron chi connectivity index (χ0n) is 16.7. The molecule has 6 nitrogen and oxygen atoms in total. The fourth-order valence-electron chi connectivity index (χ4n) is 2.57. The lowest BCUT2D eigenvalue weighted by molar-refractivity contribution is 0.0773. The topological polar surface area (TPSA) is 66.9 Å². The van der Waals surface area contributed by atoms with E-state index in [-0.39, 0.29) is 23.2 Å². The van der Waals surface area contributed by atoms with Gasteiger partial charge in [-0.25, -0.2) is 17.1 Å². The molecule has 0 saturated heterocycles. The molecule has 28 heavy (non-hydrogen) atoms. The van der Waals surface area contributed by atoms with Gasteiger partial charge in [-0.15, -0.1) is 0 Å². The zero-order chi connectivity index (χ0) is 21.1. The van der Waals surface area contributed by atoms with E-state index in [0.717, 1.165) is 9.87 Å². The smallest absolute Gasteiger partial charge is 0.253 e. The SMILES string of the molecule is Cc1cc(C(=O)N(C)CCOc2ccc(F)cc2)cc(S(=O)(=O)N(C)C)c1C. The highest BCUT2D eigenvalue weighted by Crippen LogP contribution is 2.24. The van der Waals surface area contributed by atoms with Crippen LogP contribution in [-0.2, 0) is 10.0 Å². The maximum atomic E-state index is 12.9. The largest absolute Gasteiger partial charge is 0.492 e. The fraction of sp³-hybridized carbons (Fsp3) is 0.350. The Morgan fingerprint density at radius 2 is 1.68 bits per heavy atom. The summed E-state index contributed by atoms with van der Waals surface area (Å²) in [6.07, 6.45) is 0. The summed E-state index contributed by atoms with van der Waals surface area (Å²) in [5.41, 5.74) is 1.64. The molecular weight excluding hydrogens is 383 g/mol. The molecule has 0 unspecified atom stereocenters. The van der Waals surface area contributed by atoms with E-state index < -0.39 is 10.0 Å². The highest BCUT2D eigenvalue weighted by molar-refractivity contribution is 7.89. The minimum absolute atomic E-state index is 0.122. The first-order valence-electron chi connectivity index (χ1n) is 8.71. The molecular formula is C20H25FN2O4S. The van der Waals surface area contributed by atoms with Crippen LogP contribution in [0.4, 0.5) is 4.39 Å². The van der Waals surface area contributed by atoms with Gasteiger partial charge < -0.3 is 9.64 Å². The molecule has 0 aliphatic rings. The molecule has 0 spiro atoms. The minimum Gasteiger partial charge on any atom is -0.492 e. The van der Waals surface area contributed by atoms with Crippen LogP contribution in [0, 0.1) is 19.7 Å². The maximum absolute atomic E-state index is 12.9. The van der Waals surface area contributed by atoms with Crippen LogP contribution in [0.25, 0.3) is 0 Å². The van der Waals surface area contributed by atoms with E-state index in [0.29, 0.717) is 23.4 Å². The van der Waals surface area contributed by atoms with Gasteiger partial charge in [-0.1, -0.05) is 0 Å². The average molecular weight is 408 g/mol. The van der Waals surface area contributed by atoms with Crippen molar-refractivity contribution in [2.24, 2.45) is 0 Å². The van der Waals surface area contributed by atoms with E-state index in [9.17, 15) is 17.6 Å². The average Bonchev–Trinajstić information content (AvgIpc) is 2.64. The van der Waals surface area contributed by atoms with Crippen molar-refractivity contribution in [3.8, 4) is 5.75 Å². The number of aryl methyl sites for hydroxylation is 1. The van der Waals surface area contributed by atoms with E-state index >= 15 is 0 Å². The summed E-state index contributed by atoms with van der Waals surface area (Å²) in [6, 6.07) is 8.72. The summed E-state index contributed by atoms with van der Waals surface area (Å²) < 4.78 is 44.7. The van der Waals surface area contributed by atoms with Gasteiger partial charge in [0.05, 0.1) is 11.4 Å². The van der Waals surface area contributed by atoms with Gasteiger partial charge in [-0.05, 0) is 61.4 Å². The van der Waals surface area contributed by atoms with Crippen molar-refractivity contribution in [2.75, 3.05) is 34.3 Å². The quantitative estimate of drug-likeness (QED) is 0.707. The Morgan fingerprint density at radius 1 is 1.07 bits per heavy atom. The van der Waals surface area contributed by atoms with Crippen LogP contribution >= 0.6 is 0 Å². The molecule has 0 saturated carbocycles. The van der Waals surface area contributed by atoms with Crippen LogP contribution in [-0.4, -0.2) is 57.8 Å². The van der Waals surface area contributed by atoms with Gasteiger partial charge in [0.1, 0.15) is 18.2 Å². The second-order valence-corrected chi connectivity index (χ2v) is 8.85. The van der Waals surface area contributed by atoms with Gasteiger partial charge in [-0.3, -0.25) is 4.79 Å². The third-order valence-corrected chi connectivity index (χ3v) is 6.42. The lowest BCUT2D eigenvalue weighted by atomic mass is 10.1. The van der Waals surface area contributed by atoms with E-state index in [4.69, 9.17) is 4.74 Å². The Balaban J connectivity index is 2.14. The highest BCUT2D eigenvalue weighted by Gasteiger charge is 2.23. The maximum Gasteiger partial charge on any atom is 0.253 e. The van der Waals surface area contributed by atoms with Crippen LogP contribution in [0.5, 0.6) is 5.75 Å². The highest BCUT2D eigenvalue weighted by atomic mass is 32.2. The van der Waals surface area contributed by atoms with E-state index in [1.165, 1.54) is 49.3 Å². The molecule has 2 rings (SSSR count). The van der Waals surface area contributed by atoms with E-state index in [1.807, 2.05) is 0 Å². The second kappa shape index (κ2) is 8.70. The summed E-state index contributed by atoms with van der Waals surface area (Å²) in [6.45, 7) is 4.01. The number of sulfonamides is 1. The molecule has 0 atom stereocenters. The molecule has 0 N–H and O–H groups in total. The molecule has 152 valence electrons. The minimum atomic E-state index is -3.66. The van der Waals surface area contributed by atoms with Gasteiger partial charge in [0, 0.05) is 26.7 Å². The molecule has 0 aliphatic heterocycles. The zero-order valence-corrected chi connectivity index (χ0v) is 17.5. The molecule has 0 radical (unpaired) electrons. The predicted octanol–water partition coefficient (Wildman–Crippen LogP) is 2.84. The Labute approximate surface area is 165 Å². The summed E-state index contributed by atoms with van der Waals surface area (Å²) in [5.74, 6) is -0.147. The monoisotopic (exact) mass is 408 g/mol. The van der Waals surface area contributed by atoms with Gasteiger partial charge >= 0.3 is 0 Å². The van der Waals surface area contributed by atoms with Crippen LogP contribution in [0.15, 0.2) is 41.3 Å². The van der Waals surface area contributed by atoms with Crippen molar-refractivity contribution >= 4 is 15.9 Å². The number of likely N-dealkylation sites (N-methyl/N-ethyl adjacent to an activating group) is 1. The molecule has 0 aromatic heterocycles. The van der Waals surface area contributed by atoms with Crippen molar-refractivity contribution in [3.05, 3.63) is 58.9 Å². The van der Waals surface area contributed by atoms with Crippen molar-refractivity contribution < 1.29 is 22.3 Å². The van der Waals surface area contributed by atoms with Gasteiger partial charge in [0.2, 0.25) is 10.0 Å². The predicted molar refractivity (Wildman–Crippen MR) is 106 cm³/mol. The van der Waals surface area contributed by atoms with Crippen molar-refractivity contribution in [1.82, 2.24) is 9.21 Å². The lowest BCUT2D eigenvalue weighted by Crippen LogP contribution is -2.31. The van der Waals surface area contributed by atoms with Gasteiger partial charge in [0.25, 0.3) is 5.91 Å². The number of hydrogen-bond donors (Lipinski definition) is 0. The first kappa shape index (κ1) is 21.8. The summed E-state index contributed by atoms with van der Waals surface area (Å²) in [7, 11) is 0.867. The molecule has 0 heterocycles. The standard InChI is InChI=1S/C20H25FN2O4S/c1-14-12-16(13-19(15(14)2)28(25,26)22(3)4)20(24)23(5)10-11-27-18-8-6-17(21)7-9-18/h6-9,12-13H,10-11H2,1-5H3. The first-order valence-corrected chi connectivity index (χ1v) is 10.2.